The first-order valence-corrected chi connectivity index (χ1v) is 7.17. The lowest BCUT2D eigenvalue weighted by atomic mass is 10.5. The van der Waals surface area contributed by atoms with E-state index < -0.39 is 0 Å². The van der Waals surface area contributed by atoms with Gasteiger partial charge in [-0.3, -0.25) is 4.98 Å². The van der Waals surface area contributed by atoms with Gasteiger partial charge in [0.05, 0.1) is 12.7 Å². The van der Waals surface area contributed by atoms with Gasteiger partial charge in [-0.1, -0.05) is 6.92 Å². The highest BCUT2D eigenvalue weighted by Crippen LogP contribution is 2.18. The summed E-state index contributed by atoms with van der Waals surface area (Å²) in [4.78, 5) is 21.3. The summed E-state index contributed by atoms with van der Waals surface area (Å²) in [7, 11) is 0. The Balaban J connectivity index is 1.84. The van der Waals surface area contributed by atoms with E-state index >= 15 is 0 Å². The molecule has 3 aromatic heterocycles. The van der Waals surface area contributed by atoms with Crippen molar-refractivity contribution in [2.24, 2.45) is 0 Å². The number of rotatable bonds is 5. The topological polar surface area (TPSA) is 77.1 Å². The average molecular weight is 290 g/mol. The van der Waals surface area contributed by atoms with E-state index in [1.54, 1.807) is 24.8 Å². The van der Waals surface area contributed by atoms with E-state index in [4.69, 9.17) is 0 Å². The van der Waals surface area contributed by atoms with Crippen LogP contribution in [0.4, 0.5) is 5.13 Å². The zero-order valence-corrected chi connectivity index (χ0v) is 11.8. The van der Waals surface area contributed by atoms with Crippen LogP contribution in [0.3, 0.4) is 0 Å². The van der Waals surface area contributed by atoms with Crippen molar-refractivity contribution in [3.8, 4) is 0 Å². The van der Waals surface area contributed by atoms with Crippen molar-refractivity contribution >= 4 is 22.1 Å². The van der Waals surface area contributed by atoms with E-state index in [0.717, 1.165) is 23.0 Å². The maximum absolute atomic E-state index is 12.1. The van der Waals surface area contributed by atoms with E-state index in [0.29, 0.717) is 12.2 Å². The molecule has 0 radical (unpaired) electrons. The van der Waals surface area contributed by atoms with Gasteiger partial charge >= 0.3 is 5.69 Å². The second kappa shape index (κ2) is 5.41. The van der Waals surface area contributed by atoms with Gasteiger partial charge < -0.3 is 5.32 Å². The molecule has 7 nitrogen and oxygen atoms in total. The minimum Gasteiger partial charge on any atom is -0.362 e. The summed E-state index contributed by atoms with van der Waals surface area (Å²) in [5.41, 5.74) is 0.380. The lowest BCUT2D eigenvalue weighted by molar-refractivity contribution is 0.665. The van der Waals surface area contributed by atoms with Crippen LogP contribution < -0.4 is 11.0 Å². The fraction of sp³-hybridized carbons (Fsp3) is 0.333. The van der Waals surface area contributed by atoms with Gasteiger partial charge in [0.15, 0.2) is 10.8 Å². The summed E-state index contributed by atoms with van der Waals surface area (Å²) >= 11 is 1.54. The SMILES string of the molecule is CCCNc1ncc(Cn2nc3cnccn3c2=O)s1. The van der Waals surface area contributed by atoms with Crippen molar-refractivity contribution in [3.63, 3.8) is 0 Å². The van der Waals surface area contributed by atoms with Crippen LogP contribution in [0, 0.1) is 0 Å². The van der Waals surface area contributed by atoms with Crippen molar-refractivity contribution in [1.29, 1.82) is 0 Å². The molecule has 0 aliphatic heterocycles. The minimum absolute atomic E-state index is 0.168. The Labute approximate surface area is 118 Å². The van der Waals surface area contributed by atoms with E-state index in [9.17, 15) is 4.79 Å². The van der Waals surface area contributed by atoms with E-state index in [1.807, 2.05) is 0 Å². The Hall–Kier alpha value is -2.22. The maximum atomic E-state index is 12.1. The average Bonchev–Trinajstić information content (AvgIpc) is 3.03. The van der Waals surface area contributed by atoms with Gasteiger partial charge in [0.1, 0.15) is 0 Å². The minimum atomic E-state index is -0.168. The highest BCUT2D eigenvalue weighted by Gasteiger charge is 2.09. The van der Waals surface area contributed by atoms with Gasteiger partial charge in [0.2, 0.25) is 0 Å². The third-order valence-electron chi connectivity index (χ3n) is 2.77. The lowest BCUT2D eigenvalue weighted by Gasteiger charge is -1.97. The highest BCUT2D eigenvalue weighted by molar-refractivity contribution is 7.15. The van der Waals surface area contributed by atoms with Gasteiger partial charge in [-0.25, -0.2) is 18.9 Å². The normalized spacial score (nSPS) is 11.1. The molecule has 0 aliphatic rings. The molecular weight excluding hydrogens is 276 g/mol. The molecule has 0 amide bonds. The van der Waals surface area contributed by atoms with Gasteiger partial charge in [0.25, 0.3) is 0 Å². The van der Waals surface area contributed by atoms with Crippen LogP contribution in [-0.2, 0) is 6.54 Å². The predicted molar refractivity (Wildman–Crippen MR) is 77.2 cm³/mol. The summed E-state index contributed by atoms with van der Waals surface area (Å²) in [6.07, 6.45) is 7.58. The third-order valence-corrected chi connectivity index (χ3v) is 3.71. The molecule has 0 spiro atoms. The summed E-state index contributed by atoms with van der Waals surface area (Å²) in [5.74, 6) is 0. The fourth-order valence-electron chi connectivity index (χ4n) is 1.82. The number of nitrogens with zero attached hydrogens (tertiary/aromatic N) is 5. The Morgan fingerprint density at radius 3 is 3.10 bits per heavy atom. The largest absolute Gasteiger partial charge is 0.362 e. The van der Waals surface area contributed by atoms with Crippen LogP contribution >= 0.6 is 11.3 Å². The van der Waals surface area contributed by atoms with Gasteiger partial charge in [0, 0.05) is 30.0 Å². The molecule has 0 atom stereocenters. The molecule has 0 unspecified atom stereocenters. The van der Waals surface area contributed by atoms with Crippen LogP contribution in [0.15, 0.2) is 29.6 Å². The summed E-state index contributed by atoms with van der Waals surface area (Å²) in [5, 5.41) is 8.34. The van der Waals surface area contributed by atoms with Crippen molar-refractivity contribution in [2.75, 3.05) is 11.9 Å². The molecule has 8 heteroatoms. The summed E-state index contributed by atoms with van der Waals surface area (Å²) < 4.78 is 2.90. The molecule has 0 aromatic carbocycles. The first kappa shape index (κ1) is 12.8. The van der Waals surface area contributed by atoms with Crippen LogP contribution in [0.1, 0.15) is 18.2 Å². The Bertz CT molecular complexity index is 773. The van der Waals surface area contributed by atoms with Crippen molar-refractivity contribution in [3.05, 3.63) is 40.1 Å². The van der Waals surface area contributed by atoms with Crippen LogP contribution in [0.2, 0.25) is 0 Å². The molecule has 0 saturated carbocycles. The molecule has 1 N–H and O–H groups in total. The van der Waals surface area contributed by atoms with Crippen molar-refractivity contribution in [2.45, 2.75) is 19.9 Å². The third kappa shape index (κ3) is 2.42. The first-order chi connectivity index (χ1) is 9.78. The van der Waals surface area contributed by atoms with E-state index in [1.165, 1.54) is 20.4 Å². The summed E-state index contributed by atoms with van der Waals surface area (Å²) in [6.45, 7) is 3.42. The van der Waals surface area contributed by atoms with Crippen molar-refractivity contribution < 1.29 is 0 Å². The van der Waals surface area contributed by atoms with Gasteiger partial charge in [-0.2, -0.15) is 0 Å². The number of anilines is 1. The van der Waals surface area contributed by atoms with Crippen LogP contribution in [0.25, 0.3) is 5.65 Å². The lowest BCUT2D eigenvalue weighted by Crippen LogP contribution is -2.21. The molecule has 3 aromatic rings. The number of fused-ring (bicyclic) bond motifs is 1. The number of aromatic nitrogens is 5. The molecular formula is C12H14N6OS. The van der Waals surface area contributed by atoms with Gasteiger partial charge in [-0.15, -0.1) is 16.4 Å². The highest BCUT2D eigenvalue weighted by atomic mass is 32.1. The summed E-state index contributed by atoms with van der Waals surface area (Å²) in [6, 6.07) is 0. The molecule has 20 heavy (non-hydrogen) atoms. The zero-order chi connectivity index (χ0) is 13.9. The first-order valence-electron chi connectivity index (χ1n) is 6.35. The zero-order valence-electron chi connectivity index (χ0n) is 11.0. The second-order valence-electron chi connectivity index (χ2n) is 4.30. The number of nitrogens with one attached hydrogen (secondary N) is 1. The molecule has 104 valence electrons. The molecule has 0 bridgehead atoms. The quantitative estimate of drug-likeness (QED) is 0.764. The molecule has 0 saturated heterocycles. The van der Waals surface area contributed by atoms with E-state index in [-0.39, 0.29) is 5.69 Å². The Morgan fingerprint density at radius 1 is 1.40 bits per heavy atom. The number of hydrogen-bond donors (Lipinski definition) is 1. The predicted octanol–water partition coefficient (Wildman–Crippen LogP) is 1.22. The smallest absolute Gasteiger partial charge is 0.350 e. The standard InChI is InChI=1S/C12H14N6OS/c1-2-3-14-11-15-6-9(20-11)8-18-12(19)17-5-4-13-7-10(17)16-18/h4-7H,2-3,8H2,1H3,(H,14,15). The number of thiazole rings is 1. The maximum Gasteiger partial charge on any atom is 0.350 e. The second-order valence-corrected chi connectivity index (χ2v) is 5.42. The van der Waals surface area contributed by atoms with Crippen LogP contribution in [-0.4, -0.2) is 30.7 Å². The van der Waals surface area contributed by atoms with Crippen molar-refractivity contribution in [1.82, 2.24) is 24.1 Å². The van der Waals surface area contributed by atoms with Crippen LogP contribution in [0.5, 0.6) is 0 Å². The molecule has 3 heterocycles. The fourth-order valence-corrected chi connectivity index (χ4v) is 2.65. The molecule has 0 fully saturated rings. The monoisotopic (exact) mass is 290 g/mol. The number of hydrogen-bond acceptors (Lipinski definition) is 6. The Morgan fingerprint density at radius 2 is 2.30 bits per heavy atom. The Kier molecular flexibility index (Phi) is 3.46. The van der Waals surface area contributed by atoms with Gasteiger partial charge in [-0.05, 0) is 6.42 Å². The molecule has 0 aliphatic carbocycles. The molecule has 3 rings (SSSR count). The van der Waals surface area contributed by atoms with E-state index in [2.05, 4.69) is 27.3 Å².